The molecular formula is C21H20N6O. The van der Waals surface area contributed by atoms with Crippen LogP contribution in [-0.2, 0) is 18.3 Å². The average Bonchev–Trinajstić information content (AvgIpc) is 3.37. The second-order valence-electron chi connectivity index (χ2n) is 7.69. The van der Waals surface area contributed by atoms with Crippen LogP contribution in [0.3, 0.4) is 0 Å². The summed E-state index contributed by atoms with van der Waals surface area (Å²) in [6, 6.07) is 8.65. The lowest BCUT2D eigenvalue weighted by atomic mass is 9.84. The van der Waals surface area contributed by atoms with Crippen molar-refractivity contribution in [1.82, 2.24) is 29.9 Å². The van der Waals surface area contributed by atoms with E-state index in [9.17, 15) is 0 Å². The topological polar surface area (TPSA) is 82.5 Å². The molecule has 0 saturated heterocycles. The molecule has 0 spiro atoms. The number of benzene rings is 1. The van der Waals surface area contributed by atoms with Crippen molar-refractivity contribution in [1.29, 1.82) is 0 Å². The van der Waals surface area contributed by atoms with E-state index in [1.54, 1.807) is 6.33 Å². The van der Waals surface area contributed by atoms with Gasteiger partial charge >= 0.3 is 0 Å². The fourth-order valence-corrected chi connectivity index (χ4v) is 3.69. The summed E-state index contributed by atoms with van der Waals surface area (Å²) >= 11 is 0. The molecule has 3 aromatic heterocycles. The SMILES string of the molecule is Cc1noc(C(C)(C)c2cncc(-c3ccc4c(c3)CCc3nncn3-4)c2)n1. The van der Waals surface area contributed by atoms with Crippen molar-refractivity contribution in [3.05, 3.63) is 71.7 Å². The third kappa shape index (κ3) is 2.62. The summed E-state index contributed by atoms with van der Waals surface area (Å²) in [5.74, 6) is 2.24. The van der Waals surface area contributed by atoms with Crippen LogP contribution in [0.25, 0.3) is 16.8 Å². The third-order valence-corrected chi connectivity index (χ3v) is 5.43. The molecule has 0 fully saturated rings. The van der Waals surface area contributed by atoms with Gasteiger partial charge in [0.25, 0.3) is 0 Å². The van der Waals surface area contributed by atoms with E-state index in [0.29, 0.717) is 11.7 Å². The number of hydrogen-bond donors (Lipinski definition) is 0. The quantitative estimate of drug-likeness (QED) is 0.548. The first-order chi connectivity index (χ1) is 13.5. The summed E-state index contributed by atoms with van der Waals surface area (Å²) in [5.41, 5.74) is 5.27. The number of rotatable bonds is 3. The molecule has 1 aliphatic rings. The normalized spacial score (nSPS) is 13.2. The van der Waals surface area contributed by atoms with Crippen molar-refractivity contribution >= 4 is 0 Å². The van der Waals surface area contributed by atoms with Crippen LogP contribution in [-0.4, -0.2) is 29.9 Å². The summed E-state index contributed by atoms with van der Waals surface area (Å²) in [4.78, 5) is 8.90. The van der Waals surface area contributed by atoms with Crippen molar-refractivity contribution in [3.8, 4) is 16.8 Å². The van der Waals surface area contributed by atoms with E-state index in [2.05, 4.69) is 68.0 Å². The molecule has 4 heterocycles. The summed E-state index contributed by atoms with van der Waals surface area (Å²) in [6.07, 6.45) is 7.41. The fraction of sp³-hybridized carbons (Fsp3) is 0.286. The minimum Gasteiger partial charge on any atom is -0.338 e. The summed E-state index contributed by atoms with van der Waals surface area (Å²) in [7, 11) is 0. The van der Waals surface area contributed by atoms with Crippen LogP contribution in [0.2, 0.25) is 0 Å². The van der Waals surface area contributed by atoms with Gasteiger partial charge in [0.05, 0.1) is 11.1 Å². The van der Waals surface area contributed by atoms with Gasteiger partial charge in [-0.15, -0.1) is 10.2 Å². The van der Waals surface area contributed by atoms with Gasteiger partial charge in [0.15, 0.2) is 5.82 Å². The smallest absolute Gasteiger partial charge is 0.236 e. The predicted molar refractivity (Wildman–Crippen MR) is 103 cm³/mol. The minimum absolute atomic E-state index is 0.421. The average molecular weight is 372 g/mol. The Balaban J connectivity index is 1.54. The second kappa shape index (κ2) is 6.09. The maximum atomic E-state index is 5.43. The summed E-state index contributed by atoms with van der Waals surface area (Å²) in [5, 5.41) is 12.2. The Kier molecular flexibility index (Phi) is 3.65. The largest absolute Gasteiger partial charge is 0.338 e. The second-order valence-corrected chi connectivity index (χ2v) is 7.69. The van der Waals surface area contributed by atoms with Crippen LogP contribution in [0.15, 0.2) is 47.5 Å². The standard InChI is InChI=1S/C21H20N6O/c1-13-24-20(28-26-13)21(2,3)17-9-16(10-22-11-17)14-4-6-18-15(8-14)5-7-19-25-23-12-27(18)19/h4,6,8-12H,5,7H2,1-3H3. The van der Waals surface area contributed by atoms with Gasteiger partial charge in [0, 0.05) is 24.4 Å². The van der Waals surface area contributed by atoms with Gasteiger partial charge in [0.1, 0.15) is 12.2 Å². The number of pyridine rings is 1. The summed E-state index contributed by atoms with van der Waals surface area (Å²) in [6.45, 7) is 5.97. The lowest BCUT2D eigenvalue weighted by Gasteiger charge is -2.21. The Bertz CT molecular complexity index is 1170. The van der Waals surface area contributed by atoms with Gasteiger partial charge in [-0.1, -0.05) is 11.2 Å². The molecule has 0 radical (unpaired) electrons. The molecule has 0 unspecified atom stereocenters. The Morgan fingerprint density at radius 1 is 1.07 bits per heavy atom. The van der Waals surface area contributed by atoms with Crippen LogP contribution in [0.5, 0.6) is 0 Å². The number of aryl methyl sites for hydroxylation is 3. The highest BCUT2D eigenvalue weighted by atomic mass is 16.5. The lowest BCUT2D eigenvalue weighted by molar-refractivity contribution is 0.330. The molecule has 0 bridgehead atoms. The van der Waals surface area contributed by atoms with Crippen molar-refractivity contribution < 1.29 is 4.52 Å². The molecule has 1 aromatic carbocycles. The van der Waals surface area contributed by atoms with Gasteiger partial charge < -0.3 is 4.52 Å². The third-order valence-electron chi connectivity index (χ3n) is 5.43. The molecule has 28 heavy (non-hydrogen) atoms. The minimum atomic E-state index is -0.421. The molecule has 0 saturated carbocycles. The fourth-order valence-electron chi connectivity index (χ4n) is 3.69. The molecular weight excluding hydrogens is 352 g/mol. The Morgan fingerprint density at radius 2 is 1.96 bits per heavy atom. The van der Waals surface area contributed by atoms with Gasteiger partial charge in [-0.2, -0.15) is 4.98 Å². The maximum Gasteiger partial charge on any atom is 0.236 e. The van der Waals surface area contributed by atoms with E-state index in [4.69, 9.17) is 4.52 Å². The van der Waals surface area contributed by atoms with E-state index in [1.165, 1.54) is 5.56 Å². The highest BCUT2D eigenvalue weighted by molar-refractivity contribution is 5.67. The molecule has 0 aliphatic carbocycles. The molecule has 5 rings (SSSR count). The first-order valence-electron chi connectivity index (χ1n) is 9.31. The van der Waals surface area contributed by atoms with Gasteiger partial charge in [-0.25, -0.2) is 0 Å². The number of nitrogens with zero attached hydrogens (tertiary/aromatic N) is 6. The van der Waals surface area contributed by atoms with Crippen molar-refractivity contribution in [3.63, 3.8) is 0 Å². The van der Waals surface area contributed by atoms with E-state index in [1.807, 2.05) is 19.3 Å². The molecule has 0 amide bonds. The van der Waals surface area contributed by atoms with E-state index >= 15 is 0 Å². The van der Waals surface area contributed by atoms with Crippen LogP contribution in [0, 0.1) is 6.92 Å². The lowest BCUT2D eigenvalue weighted by Crippen LogP contribution is -2.20. The van der Waals surface area contributed by atoms with Crippen LogP contribution >= 0.6 is 0 Å². The number of fused-ring (bicyclic) bond motifs is 3. The van der Waals surface area contributed by atoms with E-state index in [0.717, 1.165) is 41.0 Å². The zero-order valence-electron chi connectivity index (χ0n) is 16.0. The monoisotopic (exact) mass is 372 g/mol. The summed E-state index contributed by atoms with van der Waals surface area (Å²) < 4.78 is 7.49. The van der Waals surface area contributed by atoms with Crippen LogP contribution < -0.4 is 0 Å². The van der Waals surface area contributed by atoms with Crippen LogP contribution in [0.4, 0.5) is 0 Å². The van der Waals surface area contributed by atoms with E-state index < -0.39 is 5.41 Å². The number of hydrogen-bond acceptors (Lipinski definition) is 6. The molecule has 0 N–H and O–H groups in total. The molecule has 140 valence electrons. The van der Waals surface area contributed by atoms with Crippen LogP contribution in [0.1, 0.15) is 42.5 Å². The molecule has 7 nitrogen and oxygen atoms in total. The molecule has 7 heteroatoms. The Hall–Kier alpha value is -3.35. The highest BCUT2D eigenvalue weighted by Crippen LogP contribution is 2.33. The zero-order chi connectivity index (χ0) is 19.3. The Morgan fingerprint density at radius 3 is 2.79 bits per heavy atom. The first kappa shape index (κ1) is 16.8. The van der Waals surface area contributed by atoms with Gasteiger partial charge in [-0.3, -0.25) is 9.55 Å². The van der Waals surface area contributed by atoms with Crippen molar-refractivity contribution in [2.45, 2.75) is 39.0 Å². The molecule has 1 aliphatic heterocycles. The highest BCUT2D eigenvalue weighted by Gasteiger charge is 2.30. The maximum absolute atomic E-state index is 5.43. The molecule has 4 aromatic rings. The predicted octanol–water partition coefficient (Wildman–Crippen LogP) is 3.45. The number of aromatic nitrogens is 6. The van der Waals surface area contributed by atoms with E-state index in [-0.39, 0.29) is 0 Å². The first-order valence-corrected chi connectivity index (χ1v) is 9.31. The Labute approximate surface area is 162 Å². The molecule has 0 atom stereocenters. The van der Waals surface area contributed by atoms with Crippen molar-refractivity contribution in [2.75, 3.05) is 0 Å². The van der Waals surface area contributed by atoms with Gasteiger partial charge in [0.2, 0.25) is 5.89 Å². The van der Waals surface area contributed by atoms with Crippen molar-refractivity contribution in [2.24, 2.45) is 0 Å². The van der Waals surface area contributed by atoms with Gasteiger partial charge in [-0.05, 0) is 62.1 Å². The zero-order valence-corrected chi connectivity index (χ0v) is 16.0.